The third-order valence-electron chi connectivity index (χ3n) is 3.33. The lowest BCUT2D eigenvalue weighted by Crippen LogP contribution is -2.04. The molecule has 0 aromatic heterocycles. The van der Waals surface area contributed by atoms with Crippen molar-refractivity contribution in [3.8, 4) is 17.6 Å². The SMILES string of the molecule is N#C/C(=C\c1cc(Cl)c2c(c1)OCO2)S(=O)(=O)c1cc(Cl)ccc1Cl. The van der Waals surface area contributed by atoms with Gasteiger partial charge in [0.25, 0.3) is 0 Å². The lowest BCUT2D eigenvalue weighted by Gasteiger charge is -2.07. The minimum Gasteiger partial charge on any atom is -0.454 e. The molecule has 2 aromatic rings. The molecule has 1 aliphatic heterocycles. The predicted molar refractivity (Wildman–Crippen MR) is 94.8 cm³/mol. The first kappa shape index (κ1) is 17.9. The largest absolute Gasteiger partial charge is 0.454 e. The van der Waals surface area contributed by atoms with Crippen molar-refractivity contribution in [2.75, 3.05) is 6.79 Å². The minimum atomic E-state index is -4.16. The molecule has 9 heteroatoms. The van der Waals surface area contributed by atoms with E-state index in [9.17, 15) is 13.7 Å². The maximum Gasteiger partial charge on any atom is 0.231 e. The number of fused-ring (bicyclic) bond motifs is 1. The van der Waals surface area contributed by atoms with Crippen LogP contribution in [-0.4, -0.2) is 15.2 Å². The van der Waals surface area contributed by atoms with Gasteiger partial charge in [-0.05, 0) is 42.0 Å². The number of hydrogen-bond acceptors (Lipinski definition) is 5. The van der Waals surface area contributed by atoms with Crippen molar-refractivity contribution < 1.29 is 17.9 Å². The summed E-state index contributed by atoms with van der Waals surface area (Å²) in [6, 6.07) is 8.68. The molecule has 5 nitrogen and oxygen atoms in total. The maximum atomic E-state index is 12.7. The molecule has 0 unspecified atom stereocenters. The molecule has 1 aliphatic rings. The number of hydrogen-bond donors (Lipinski definition) is 0. The van der Waals surface area contributed by atoms with Gasteiger partial charge in [-0.3, -0.25) is 0 Å². The van der Waals surface area contributed by atoms with Crippen LogP contribution in [0.2, 0.25) is 15.1 Å². The van der Waals surface area contributed by atoms with Crippen LogP contribution in [0, 0.1) is 11.3 Å². The average Bonchev–Trinajstić information content (AvgIpc) is 3.03. The zero-order chi connectivity index (χ0) is 18.2. The van der Waals surface area contributed by atoms with Crippen molar-refractivity contribution in [3.63, 3.8) is 0 Å². The van der Waals surface area contributed by atoms with Crippen molar-refractivity contribution in [1.82, 2.24) is 0 Å². The zero-order valence-corrected chi connectivity index (χ0v) is 15.4. The monoisotopic (exact) mass is 415 g/mol. The Morgan fingerprint density at radius 3 is 2.60 bits per heavy atom. The fourth-order valence-electron chi connectivity index (χ4n) is 2.19. The van der Waals surface area contributed by atoms with Crippen LogP contribution in [0.1, 0.15) is 5.56 Å². The number of sulfone groups is 1. The fraction of sp³-hybridized carbons (Fsp3) is 0.0625. The summed E-state index contributed by atoms with van der Waals surface area (Å²) < 4.78 is 35.9. The Hall–Kier alpha value is -1.91. The molecular weight excluding hydrogens is 409 g/mol. The molecule has 0 atom stereocenters. The fourth-order valence-corrected chi connectivity index (χ4v) is 4.38. The molecule has 0 saturated heterocycles. The van der Waals surface area contributed by atoms with Crippen LogP contribution in [0.5, 0.6) is 11.5 Å². The van der Waals surface area contributed by atoms with Gasteiger partial charge in [0.2, 0.25) is 16.6 Å². The highest BCUT2D eigenvalue weighted by atomic mass is 35.5. The lowest BCUT2D eigenvalue weighted by molar-refractivity contribution is 0.174. The van der Waals surface area contributed by atoms with Gasteiger partial charge in [-0.15, -0.1) is 0 Å². The van der Waals surface area contributed by atoms with Crippen LogP contribution < -0.4 is 9.47 Å². The van der Waals surface area contributed by atoms with Gasteiger partial charge in [0.15, 0.2) is 11.5 Å². The first-order valence-corrected chi connectivity index (χ1v) is 9.35. The van der Waals surface area contributed by atoms with E-state index < -0.39 is 14.7 Å². The zero-order valence-electron chi connectivity index (χ0n) is 12.3. The standard InChI is InChI=1S/C16H8Cl3NO4S/c17-10-1-2-12(18)15(6-10)25(21,22)11(7-20)3-9-4-13(19)16-14(5-9)23-8-24-16/h1-6H,8H2/b11-3+. The van der Waals surface area contributed by atoms with Gasteiger partial charge >= 0.3 is 0 Å². The molecule has 0 N–H and O–H groups in total. The van der Waals surface area contributed by atoms with Crippen molar-refractivity contribution in [1.29, 1.82) is 5.26 Å². The summed E-state index contributed by atoms with van der Waals surface area (Å²) in [5.41, 5.74) is 0.368. The quantitative estimate of drug-likeness (QED) is 0.677. The molecule has 0 radical (unpaired) electrons. The van der Waals surface area contributed by atoms with E-state index in [1.807, 2.05) is 0 Å². The summed E-state index contributed by atoms with van der Waals surface area (Å²) in [5.74, 6) is 0.743. The highest BCUT2D eigenvalue weighted by molar-refractivity contribution is 7.95. The Morgan fingerprint density at radius 2 is 1.88 bits per heavy atom. The molecule has 3 rings (SSSR count). The molecule has 0 amide bonds. The summed E-state index contributed by atoms with van der Waals surface area (Å²) in [7, 11) is -4.16. The van der Waals surface area contributed by atoms with E-state index in [-0.39, 0.29) is 26.8 Å². The number of rotatable bonds is 3. The number of halogens is 3. The second kappa shape index (κ2) is 6.77. The summed E-state index contributed by atoms with van der Waals surface area (Å²) in [5, 5.41) is 9.75. The van der Waals surface area contributed by atoms with Crippen LogP contribution in [-0.2, 0) is 9.84 Å². The summed E-state index contributed by atoms with van der Waals surface area (Å²) >= 11 is 17.9. The molecule has 0 spiro atoms. The van der Waals surface area contributed by atoms with Gasteiger partial charge in [-0.1, -0.05) is 34.8 Å². The highest BCUT2D eigenvalue weighted by Crippen LogP contribution is 2.40. The van der Waals surface area contributed by atoms with Gasteiger partial charge in [0, 0.05) is 5.02 Å². The minimum absolute atomic E-state index is 0.0176. The van der Waals surface area contributed by atoms with Gasteiger partial charge < -0.3 is 9.47 Å². The highest BCUT2D eigenvalue weighted by Gasteiger charge is 2.25. The molecule has 0 fully saturated rings. The number of benzene rings is 2. The first-order valence-electron chi connectivity index (χ1n) is 6.74. The van der Waals surface area contributed by atoms with Crippen molar-refractivity contribution >= 4 is 50.7 Å². The number of ether oxygens (including phenoxy) is 2. The van der Waals surface area contributed by atoms with Gasteiger partial charge in [-0.2, -0.15) is 5.26 Å². The van der Waals surface area contributed by atoms with Gasteiger partial charge in [0.05, 0.1) is 14.9 Å². The number of allylic oxidation sites excluding steroid dienone is 1. The van der Waals surface area contributed by atoms with Crippen LogP contribution in [0.3, 0.4) is 0 Å². The molecule has 0 saturated carbocycles. The predicted octanol–water partition coefficient (Wildman–Crippen LogP) is 4.71. The van der Waals surface area contributed by atoms with E-state index in [0.29, 0.717) is 17.1 Å². The topological polar surface area (TPSA) is 76.4 Å². The Labute approximate surface area is 158 Å². The Balaban J connectivity index is 2.11. The van der Waals surface area contributed by atoms with Crippen LogP contribution in [0.25, 0.3) is 6.08 Å². The third-order valence-corrected chi connectivity index (χ3v) is 5.99. The molecular formula is C16H8Cl3NO4S. The second-order valence-electron chi connectivity index (χ2n) is 4.94. The Kier molecular flexibility index (Phi) is 4.85. The molecule has 1 heterocycles. The van der Waals surface area contributed by atoms with E-state index in [0.717, 1.165) is 0 Å². The molecule has 0 bridgehead atoms. The van der Waals surface area contributed by atoms with Crippen molar-refractivity contribution in [2.45, 2.75) is 4.90 Å². The van der Waals surface area contributed by atoms with E-state index in [1.165, 1.54) is 36.4 Å². The first-order chi connectivity index (χ1) is 11.8. The molecule has 128 valence electrons. The lowest BCUT2D eigenvalue weighted by atomic mass is 10.2. The van der Waals surface area contributed by atoms with E-state index in [1.54, 1.807) is 6.07 Å². The third kappa shape index (κ3) is 3.42. The van der Waals surface area contributed by atoms with E-state index in [4.69, 9.17) is 44.3 Å². The summed E-state index contributed by atoms with van der Waals surface area (Å²) in [6.07, 6.45) is 1.18. The Bertz CT molecular complexity index is 1040. The van der Waals surface area contributed by atoms with E-state index in [2.05, 4.69) is 0 Å². The number of nitriles is 1. The van der Waals surface area contributed by atoms with Crippen LogP contribution in [0.15, 0.2) is 40.1 Å². The molecule has 0 aliphatic carbocycles. The Morgan fingerprint density at radius 1 is 1.12 bits per heavy atom. The normalized spacial score (nSPS) is 13.6. The second-order valence-corrected chi connectivity index (χ2v) is 8.07. The van der Waals surface area contributed by atoms with Crippen LogP contribution >= 0.6 is 34.8 Å². The number of nitrogens with zero attached hydrogens (tertiary/aromatic N) is 1. The summed E-state index contributed by atoms with van der Waals surface area (Å²) in [4.78, 5) is -0.757. The molecule has 2 aromatic carbocycles. The maximum absolute atomic E-state index is 12.7. The summed E-state index contributed by atoms with van der Waals surface area (Å²) in [6.45, 7) is 0.0176. The van der Waals surface area contributed by atoms with Crippen molar-refractivity contribution in [2.24, 2.45) is 0 Å². The smallest absolute Gasteiger partial charge is 0.231 e. The molecule has 25 heavy (non-hydrogen) atoms. The van der Waals surface area contributed by atoms with Crippen molar-refractivity contribution in [3.05, 3.63) is 55.9 Å². The average molecular weight is 417 g/mol. The van der Waals surface area contributed by atoms with Crippen LogP contribution in [0.4, 0.5) is 0 Å². The van der Waals surface area contributed by atoms with Gasteiger partial charge in [0.1, 0.15) is 11.0 Å². The van der Waals surface area contributed by atoms with E-state index >= 15 is 0 Å². The van der Waals surface area contributed by atoms with Gasteiger partial charge in [-0.25, -0.2) is 8.42 Å².